The third-order valence-electron chi connectivity index (χ3n) is 3.27. The molecule has 1 amide bonds. The van der Waals surface area contributed by atoms with Crippen LogP contribution in [0.4, 0.5) is 0 Å². The summed E-state index contributed by atoms with van der Waals surface area (Å²) in [4.78, 5) is 56.9. The summed E-state index contributed by atoms with van der Waals surface area (Å²) < 4.78 is 9.82. The summed E-state index contributed by atoms with van der Waals surface area (Å²) >= 11 is 0. The van der Waals surface area contributed by atoms with E-state index >= 15 is 0 Å². The van der Waals surface area contributed by atoms with Gasteiger partial charge in [-0.1, -0.05) is 0 Å². The molecule has 27 heavy (non-hydrogen) atoms. The summed E-state index contributed by atoms with van der Waals surface area (Å²) in [6.45, 7) is 1.06. The van der Waals surface area contributed by atoms with Gasteiger partial charge in [0.25, 0.3) is 0 Å². The quantitative estimate of drug-likeness (QED) is 0.258. The van der Waals surface area contributed by atoms with Crippen molar-refractivity contribution in [1.82, 2.24) is 5.32 Å². The van der Waals surface area contributed by atoms with E-state index in [4.69, 9.17) is 19.7 Å². The Morgan fingerprint density at radius 3 is 2.15 bits per heavy atom. The maximum absolute atomic E-state index is 12.1. The van der Waals surface area contributed by atoms with E-state index in [9.17, 15) is 24.0 Å². The number of carbonyl (C=O) groups is 5. The van der Waals surface area contributed by atoms with Crippen LogP contribution >= 0.6 is 0 Å². The second-order valence-electron chi connectivity index (χ2n) is 5.84. The van der Waals surface area contributed by atoms with Crippen molar-refractivity contribution in [3.8, 4) is 0 Å². The minimum Gasteiger partial charge on any atom is -0.481 e. The highest BCUT2D eigenvalue weighted by atomic mass is 16.5. The standard InChI is InChI=1S/C17H27NO9/c1-12(20)5-3-10-27-17(25)13(18-14(21)6-2-8-19)11-16(24)26-9-4-7-15(22)23/h13,19H,2-11H2,1H3,(H,18,21)(H,22,23). The zero-order chi connectivity index (χ0) is 20.7. The minimum atomic E-state index is -1.26. The number of amides is 1. The van der Waals surface area contributed by atoms with E-state index in [1.54, 1.807) is 0 Å². The van der Waals surface area contributed by atoms with E-state index < -0.39 is 36.3 Å². The molecule has 0 bridgehead atoms. The summed E-state index contributed by atoms with van der Waals surface area (Å²) in [5.41, 5.74) is 0. The Morgan fingerprint density at radius 1 is 0.926 bits per heavy atom. The predicted octanol–water partition coefficient (Wildman–Crippen LogP) is -0.0458. The number of nitrogens with one attached hydrogen (secondary N) is 1. The second-order valence-corrected chi connectivity index (χ2v) is 5.84. The average Bonchev–Trinajstić information content (AvgIpc) is 2.59. The Labute approximate surface area is 157 Å². The van der Waals surface area contributed by atoms with E-state index in [-0.39, 0.29) is 57.7 Å². The lowest BCUT2D eigenvalue weighted by Crippen LogP contribution is -2.43. The number of hydrogen-bond acceptors (Lipinski definition) is 8. The van der Waals surface area contributed by atoms with Gasteiger partial charge in [0.15, 0.2) is 0 Å². The molecule has 1 unspecified atom stereocenters. The molecular formula is C17H27NO9. The van der Waals surface area contributed by atoms with Crippen LogP contribution in [0, 0.1) is 0 Å². The Hall–Kier alpha value is -2.49. The van der Waals surface area contributed by atoms with Crippen molar-refractivity contribution in [2.75, 3.05) is 19.8 Å². The Morgan fingerprint density at radius 2 is 1.56 bits per heavy atom. The molecule has 0 saturated carbocycles. The fourth-order valence-corrected chi connectivity index (χ4v) is 1.93. The number of hydrogen-bond donors (Lipinski definition) is 3. The summed E-state index contributed by atoms with van der Waals surface area (Å²) in [5, 5.41) is 19.6. The predicted molar refractivity (Wildman–Crippen MR) is 91.6 cm³/mol. The largest absolute Gasteiger partial charge is 0.481 e. The lowest BCUT2D eigenvalue weighted by atomic mass is 10.2. The molecule has 1 atom stereocenters. The van der Waals surface area contributed by atoms with Crippen LogP contribution in [0.25, 0.3) is 0 Å². The highest BCUT2D eigenvalue weighted by Gasteiger charge is 2.26. The second kappa shape index (κ2) is 14.7. The summed E-state index contributed by atoms with van der Waals surface area (Å²) in [7, 11) is 0. The van der Waals surface area contributed by atoms with Gasteiger partial charge in [0.1, 0.15) is 11.8 Å². The molecule has 0 aromatic heterocycles. The molecule has 0 fully saturated rings. The number of aliphatic carboxylic acids is 1. The summed E-state index contributed by atoms with van der Waals surface area (Å²) in [6.07, 6.45) is 0.239. The summed E-state index contributed by atoms with van der Waals surface area (Å²) in [5.74, 6) is -3.22. The molecular weight excluding hydrogens is 362 g/mol. The van der Waals surface area contributed by atoms with E-state index in [0.29, 0.717) is 6.42 Å². The number of aliphatic hydroxyl groups excluding tert-OH is 1. The fourth-order valence-electron chi connectivity index (χ4n) is 1.93. The lowest BCUT2D eigenvalue weighted by molar-refractivity contribution is -0.154. The Bertz CT molecular complexity index is 519. The monoisotopic (exact) mass is 389 g/mol. The van der Waals surface area contributed by atoms with Gasteiger partial charge >= 0.3 is 17.9 Å². The average molecular weight is 389 g/mol. The molecule has 10 nitrogen and oxygen atoms in total. The topological polar surface area (TPSA) is 156 Å². The third kappa shape index (κ3) is 14.4. The molecule has 3 N–H and O–H groups in total. The molecule has 0 radical (unpaired) electrons. The maximum atomic E-state index is 12.1. The van der Waals surface area contributed by atoms with Gasteiger partial charge in [-0.2, -0.15) is 0 Å². The van der Waals surface area contributed by atoms with Gasteiger partial charge in [0, 0.05) is 25.9 Å². The molecule has 0 aliphatic carbocycles. The molecule has 154 valence electrons. The van der Waals surface area contributed by atoms with Crippen LogP contribution < -0.4 is 5.32 Å². The Balaban J connectivity index is 4.55. The SMILES string of the molecule is CC(=O)CCCOC(=O)C(CC(=O)OCCCC(=O)O)NC(=O)CCCO. The molecule has 0 aliphatic rings. The molecule has 0 heterocycles. The van der Waals surface area contributed by atoms with Crippen LogP contribution in [0.2, 0.25) is 0 Å². The normalized spacial score (nSPS) is 11.3. The maximum Gasteiger partial charge on any atom is 0.329 e. The van der Waals surface area contributed by atoms with Crippen molar-refractivity contribution in [2.24, 2.45) is 0 Å². The van der Waals surface area contributed by atoms with Gasteiger partial charge in [-0.25, -0.2) is 4.79 Å². The molecule has 0 aliphatic heterocycles. The van der Waals surface area contributed by atoms with Gasteiger partial charge in [0.05, 0.1) is 19.6 Å². The van der Waals surface area contributed by atoms with Crippen LogP contribution in [-0.4, -0.2) is 65.7 Å². The van der Waals surface area contributed by atoms with E-state index in [1.165, 1.54) is 6.92 Å². The van der Waals surface area contributed by atoms with E-state index in [2.05, 4.69) is 5.32 Å². The zero-order valence-electron chi connectivity index (χ0n) is 15.4. The highest BCUT2D eigenvalue weighted by Crippen LogP contribution is 2.03. The van der Waals surface area contributed by atoms with Crippen LogP contribution in [-0.2, 0) is 33.4 Å². The van der Waals surface area contributed by atoms with E-state index in [1.807, 2.05) is 0 Å². The van der Waals surface area contributed by atoms with E-state index in [0.717, 1.165) is 0 Å². The first-order valence-electron chi connectivity index (χ1n) is 8.70. The number of rotatable bonds is 15. The molecule has 0 saturated heterocycles. The first-order chi connectivity index (χ1) is 12.8. The van der Waals surface area contributed by atoms with Crippen molar-refractivity contribution in [3.63, 3.8) is 0 Å². The van der Waals surface area contributed by atoms with Crippen LogP contribution in [0.15, 0.2) is 0 Å². The van der Waals surface area contributed by atoms with Crippen LogP contribution in [0.1, 0.15) is 51.9 Å². The smallest absolute Gasteiger partial charge is 0.329 e. The van der Waals surface area contributed by atoms with Crippen LogP contribution in [0.5, 0.6) is 0 Å². The number of ketones is 1. The number of Topliss-reactive ketones (excluding diaryl/α,β-unsaturated/α-hetero) is 1. The molecule has 0 aromatic carbocycles. The van der Waals surface area contributed by atoms with Crippen molar-refractivity contribution in [1.29, 1.82) is 0 Å². The number of carboxylic acid groups (broad SMARTS) is 1. The highest BCUT2D eigenvalue weighted by molar-refractivity contribution is 5.88. The third-order valence-corrected chi connectivity index (χ3v) is 3.27. The number of aliphatic hydroxyl groups is 1. The Kier molecular flexibility index (Phi) is 13.3. The first kappa shape index (κ1) is 24.5. The molecule has 10 heteroatoms. The van der Waals surface area contributed by atoms with Crippen LogP contribution in [0.3, 0.4) is 0 Å². The van der Waals surface area contributed by atoms with Gasteiger partial charge in [-0.3, -0.25) is 14.4 Å². The zero-order valence-corrected chi connectivity index (χ0v) is 15.4. The minimum absolute atomic E-state index is 0.0295. The van der Waals surface area contributed by atoms with Gasteiger partial charge in [0.2, 0.25) is 5.91 Å². The molecule has 0 aromatic rings. The van der Waals surface area contributed by atoms with Crippen molar-refractivity contribution in [3.05, 3.63) is 0 Å². The molecule has 0 spiro atoms. The van der Waals surface area contributed by atoms with Gasteiger partial charge in [-0.15, -0.1) is 0 Å². The lowest BCUT2D eigenvalue weighted by Gasteiger charge is -2.17. The number of ether oxygens (including phenoxy) is 2. The first-order valence-corrected chi connectivity index (χ1v) is 8.70. The van der Waals surface area contributed by atoms with Gasteiger partial charge in [-0.05, 0) is 26.2 Å². The fraction of sp³-hybridized carbons (Fsp3) is 0.706. The number of carboxylic acids is 1. The number of carbonyl (C=O) groups excluding carboxylic acids is 4. The molecule has 0 rings (SSSR count). The van der Waals surface area contributed by atoms with Crippen molar-refractivity contribution < 1.29 is 43.7 Å². The van der Waals surface area contributed by atoms with Gasteiger partial charge < -0.3 is 29.8 Å². The van der Waals surface area contributed by atoms with Crippen molar-refractivity contribution >= 4 is 29.6 Å². The number of esters is 2. The van der Waals surface area contributed by atoms with Crippen molar-refractivity contribution in [2.45, 2.75) is 57.9 Å². The summed E-state index contributed by atoms with van der Waals surface area (Å²) in [6, 6.07) is -1.26.